The molecule has 1 aliphatic heterocycles. The van der Waals surface area contributed by atoms with E-state index in [0.29, 0.717) is 26.2 Å². The first-order valence-electron chi connectivity index (χ1n) is 7.68. The average molecular weight is 374 g/mol. The quantitative estimate of drug-likeness (QED) is 0.747. The molecule has 2 rings (SSSR count). The zero-order valence-electron chi connectivity index (χ0n) is 13.5. The van der Waals surface area contributed by atoms with Gasteiger partial charge in [0, 0.05) is 31.1 Å². The van der Waals surface area contributed by atoms with Crippen molar-refractivity contribution in [3.63, 3.8) is 0 Å². The second-order valence-electron chi connectivity index (χ2n) is 5.46. The van der Waals surface area contributed by atoms with Crippen molar-refractivity contribution in [3.05, 3.63) is 22.4 Å². The van der Waals surface area contributed by atoms with Crippen LogP contribution in [0.1, 0.15) is 24.3 Å². The van der Waals surface area contributed by atoms with Gasteiger partial charge in [-0.2, -0.15) is 4.31 Å². The Labute approximate surface area is 145 Å². The summed E-state index contributed by atoms with van der Waals surface area (Å²) in [6.07, 6.45) is 0.101. The highest BCUT2D eigenvalue weighted by Crippen LogP contribution is 2.23. The molecule has 1 atom stereocenters. The highest BCUT2D eigenvalue weighted by atomic mass is 32.2. The van der Waals surface area contributed by atoms with Crippen LogP contribution < -0.4 is 11.1 Å². The predicted molar refractivity (Wildman–Crippen MR) is 92.0 cm³/mol. The van der Waals surface area contributed by atoms with E-state index in [-0.39, 0.29) is 18.1 Å². The van der Waals surface area contributed by atoms with Crippen molar-refractivity contribution in [2.24, 2.45) is 5.73 Å². The molecule has 0 aliphatic carbocycles. The first-order valence-corrected chi connectivity index (χ1v) is 10.2. The van der Waals surface area contributed by atoms with Crippen LogP contribution in [0.3, 0.4) is 0 Å². The van der Waals surface area contributed by atoms with E-state index in [1.165, 1.54) is 15.6 Å². The topological polar surface area (TPSA) is 113 Å². The Bertz CT molecular complexity index is 667. The van der Waals surface area contributed by atoms with E-state index in [1.54, 1.807) is 11.8 Å². The van der Waals surface area contributed by atoms with Crippen molar-refractivity contribution >= 4 is 33.3 Å². The lowest BCUT2D eigenvalue weighted by atomic mass is 10.1. The number of hydrogen-bond donors (Lipinski definition) is 2. The van der Waals surface area contributed by atoms with Crippen LogP contribution in [0.15, 0.2) is 17.5 Å². The highest BCUT2D eigenvalue weighted by Gasteiger charge is 2.29. The number of rotatable bonds is 6. The van der Waals surface area contributed by atoms with Crippen LogP contribution in [0.5, 0.6) is 0 Å². The largest absolute Gasteiger partial charge is 0.352 e. The lowest BCUT2D eigenvalue weighted by Crippen LogP contribution is -2.51. The van der Waals surface area contributed by atoms with Crippen molar-refractivity contribution in [2.45, 2.75) is 19.4 Å². The first kappa shape index (κ1) is 18.7. The molecule has 1 saturated heterocycles. The van der Waals surface area contributed by atoms with Gasteiger partial charge in [-0.25, -0.2) is 13.2 Å². The molecule has 3 amide bonds. The van der Waals surface area contributed by atoms with E-state index in [9.17, 15) is 18.0 Å². The fraction of sp³-hybridized carbons (Fsp3) is 0.571. The second kappa shape index (κ2) is 7.95. The Balaban J connectivity index is 1.95. The zero-order valence-corrected chi connectivity index (χ0v) is 15.1. The van der Waals surface area contributed by atoms with Gasteiger partial charge in [0.15, 0.2) is 0 Å². The maximum absolute atomic E-state index is 12.5. The van der Waals surface area contributed by atoms with Crippen LogP contribution in [0.2, 0.25) is 0 Å². The lowest BCUT2D eigenvalue weighted by molar-refractivity contribution is -0.132. The molecule has 1 aliphatic rings. The van der Waals surface area contributed by atoms with Gasteiger partial charge < -0.3 is 16.0 Å². The van der Waals surface area contributed by atoms with Gasteiger partial charge in [-0.3, -0.25) is 4.79 Å². The molecule has 1 aromatic heterocycles. The predicted octanol–water partition coefficient (Wildman–Crippen LogP) is 0.342. The van der Waals surface area contributed by atoms with Crippen molar-refractivity contribution < 1.29 is 18.0 Å². The smallest absolute Gasteiger partial charge is 0.312 e. The van der Waals surface area contributed by atoms with Crippen LogP contribution in [0.25, 0.3) is 0 Å². The molecule has 0 spiro atoms. The third-order valence-electron chi connectivity index (χ3n) is 3.93. The number of nitrogens with zero attached hydrogens (tertiary/aromatic N) is 2. The molecular weight excluding hydrogens is 352 g/mol. The number of carbonyl (C=O) groups excluding carboxylic acids is 2. The van der Waals surface area contributed by atoms with E-state index in [0.717, 1.165) is 4.88 Å². The Morgan fingerprint density at radius 1 is 1.33 bits per heavy atom. The molecule has 24 heavy (non-hydrogen) atoms. The van der Waals surface area contributed by atoms with Crippen molar-refractivity contribution in [3.8, 4) is 0 Å². The highest BCUT2D eigenvalue weighted by molar-refractivity contribution is 7.89. The molecule has 0 radical (unpaired) electrons. The summed E-state index contributed by atoms with van der Waals surface area (Å²) < 4.78 is 25.1. The summed E-state index contributed by atoms with van der Waals surface area (Å²) in [7, 11) is -3.22. The number of thiophene rings is 1. The molecule has 0 bridgehead atoms. The van der Waals surface area contributed by atoms with Crippen molar-refractivity contribution in [1.82, 2.24) is 14.5 Å². The Kier molecular flexibility index (Phi) is 6.19. The number of hydrogen-bond acceptors (Lipinski definition) is 5. The van der Waals surface area contributed by atoms with Gasteiger partial charge in [0.05, 0.1) is 18.2 Å². The number of nitrogens with two attached hydrogens (primary N) is 1. The van der Waals surface area contributed by atoms with Gasteiger partial charge in [-0.15, -0.1) is 11.3 Å². The molecular formula is C14H22N4O4S2. The fourth-order valence-corrected chi connectivity index (χ4v) is 4.45. The van der Waals surface area contributed by atoms with E-state index < -0.39 is 22.1 Å². The van der Waals surface area contributed by atoms with Crippen molar-refractivity contribution in [1.29, 1.82) is 0 Å². The summed E-state index contributed by atoms with van der Waals surface area (Å²) in [4.78, 5) is 26.1. The normalized spacial score (nSPS) is 17.5. The van der Waals surface area contributed by atoms with Crippen LogP contribution in [-0.4, -0.2) is 61.5 Å². The standard InChI is InChI=1S/C14H22N4O4S2/c1-2-24(21,22)18-7-5-17(6-8-18)13(19)10-11(16-14(15)20)12-4-3-9-23-12/h3-4,9,11H,2,5-8,10H2,1H3,(H3,15,16,20). The molecule has 3 N–H and O–H groups in total. The molecule has 8 nitrogen and oxygen atoms in total. The number of amides is 3. The third-order valence-corrected chi connectivity index (χ3v) is 6.80. The summed E-state index contributed by atoms with van der Waals surface area (Å²) in [5, 5.41) is 4.45. The Hall–Kier alpha value is -1.65. The minimum atomic E-state index is -3.22. The van der Waals surface area contributed by atoms with Gasteiger partial charge >= 0.3 is 6.03 Å². The number of carbonyl (C=O) groups is 2. The molecule has 2 heterocycles. The van der Waals surface area contributed by atoms with E-state index in [1.807, 2.05) is 17.5 Å². The molecule has 1 aromatic rings. The summed E-state index contributed by atoms with van der Waals surface area (Å²) >= 11 is 1.44. The van der Waals surface area contributed by atoms with Crippen LogP contribution in [0.4, 0.5) is 4.79 Å². The Morgan fingerprint density at radius 2 is 2.00 bits per heavy atom. The summed E-state index contributed by atoms with van der Waals surface area (Å²) in [6, 6.07) is 2.53. The first-order chi connectivity index (χ1) is 11.3. The van der Waals surface area contributed by atoms with Crippen LogP contribution >= 0.6 is 11.3 Å². The van der Waals surface area contributed by atoms with Gasteiger partial charge in [-0.1, -0.05) is 6.07 Å². The molecule has 0 saturated carbocycles. The molecule has 0 aromatic carbocycles. The number of piperazine rings is 1. The van der Waals surface area contributed by atoms with E-state index in [4.69, 9.17) is 5.73 Å². The molecule has 1 unspecified atom stereocenters. The van der Waals surface area contributed by atoms with Gasteiger partial charge in [0.25, 0.3) is 0 Å². The maximum atomic E-state index is 12.5. The van der Waals surface area contributed by atoms with Crippen molar-refractivity contribution in [2.75, 3.05) is 31.9 Å². The minimum Gasteiger partial charge on any atom is -0.352 e. The molecule has 1 fully saturated rings. The SMILES string of the molecule is CCS(=O)(=O)N1CCN(C(=O)CC(NC(N)=O)c2cccs2)CC1. The van der Waals surface area contributed by atoms with Gasteiger partial charge in [0.1, 0.15) is 0 Å². The van der Waals surface area contributed by atoms with Crippen LogP contribution in [-0.2, 0) is 14.8 Å². The average Bonchev–Trinajstić information content (AvgIpc) is 3.08. The van der Waals surface area contributed by atoms with E-state index in [2.05, 4.69) is 5.32 Å². The van der Waals surface area contributed by atoms with Crippen LogP contribution in [0, 0.1) is 0 Å². The molecule has 134 valence electrons. The zero-order chi connectivity index (χ0) is 17.7. The number of nitrogens with one attached hydrogen (secondary N) is 1. The fourth-order valence-electron chi connectivity index (χ4n) is 2.59. The third kappa shape index (κ3) is 4.68. The lowest BCUT2D eigenvalue weighted by Gasteiger charge is -2.34. The monoisotopic (exact) mass is 374 g/mol. The maximum Gasteiger partial charge on any atom is 0.312 e. The second-order valence-corrected chi connectivity index (χ2v) is 8.70. The molecule has 10 heteroatoms. The van der Waals surface area contributed by atoms with Gasteiger partial charge in [-0.05, 0) is 18.4 Å². The number of primary amides is 1. The number of urea groups is 1. The summed E-state index contributed by atoms with van der Waals surface area (Å²) in [6.45, 7) is 2.91. The Morgan fingerprint density at radius 3 is 2.50 bits per heavy atom. The summed E-state index contributed by atoms with van der Waals surface area (Å²) in [5.41, 5.74) is 5.19. The number of sulfonamides is 1. The van der Waals surface area contributed by atoms with E-state index >= 15 is 0 Å². The van der Waals surface area contributed by atoms with Gasteiger partial charge in [0.2, 0.25) is 15.9 Å². The minimum absolute atomic E-state index is 0.0595. The summed E-state index contributed by atoms with van der Waals surface area (Å²) in [5.74, 6) is -0.0695.